The minimum Gasteiger partial charge on any atom is -0.494 e. The standard InChI is InChI=1S/C29H27ClN8O4/c1-32-28(39)26-21(15-23(30)35-36-26)33-22-14-16(13-19(27(22)41-3)20-11-12-38(2)37-20)7-8-17-5-4-6-18-9-10-24(34-25(17)18)42-29(31)40/h4-6,9-15H,7-8H2,1-3H3,(H2,31,40)(H,32,39)(H,33,35). The molecule has 214 valence electrons. The molecule has 3 aromatic heterocycles. The van der Waals surface area contributed by atoms with Gasteiger partial charge in [0, 0.05) is 43.4 Å². The van der Waals surface area contributed by atoms with E-state index in [-0.39, 0.29) is 16.7 Å². The number of para-hydroxylation sites is 1. The number of primary amides is 1. The third-order valence-electron chi connectivity index (χ3n) is 6.48. The van der Waals surface area contributed by atoms with Crippen molar-refractivity contribution in [2.24, 2.45) is 12.8 Å². The number of halogens is 1. The predicted molar refractivity (Wildman–Crippen MR) is 158 cm³/mol. The lowest BCUT2D eigenvalue weighted by molar-refractivity contribution is 0.0958. The van der Waals surface area contributed by atoms with Gasteiger partial charge in [0.1, 0.15) is 0 Å². The van der Waals surface area contributed by atoms with Crippen LogP contribution < -0.4 is 25.8 Å². The van der Waals surface area contributed by atoms with Crippen LogP contribution in [0.15, 0.2) is 60.8 Å². The SMILES string of the molecule is CNC(=O)c1nnc(Cl)cc1Nc1cc(CCc2cccc3ccc(OC(N)=O)nc23)cc(-c2ccn(C)n2)c1OC. The third kappa shape index (κ3) is 6.08. The summed E-state index contributed by atoms with van der Waals surface area (Å²) >= 11 is 6.14. The molecule has 3 heterocycles. The Morgan fingerprint density at radius 3 is 2.60 bits per heavy atom. The van der Waals surface area contributed by atoms with E-state index in [4.69, 9.17) is 26.8 Å². The summed E-state index contributed by atoms with van der Waals surface area (Å²) in [6.45, 7) is 0. The van der Waals surface area contributed by atoms with Crippen molar-refractivity contribution in [3.05, 3.63) is 82.8 Å². The Balaban J connectivity index is 1.56. The van der Waals surface area contributed by atoms with Gasteiger partial charge in [0.05, 0.1) is 29.7 Å². The molecule has 0 aliphatic heterocycles. The van der Waals surface area contributed by atoms with E-state index in [1.165, 1.54) is 13.1 Å². The zero-order valence-electron chi connectivity index (χ0n) is 23.0. The quantitative estimate of drug-likeness (QED) is 0.227. The highest BCUT2D eigenvalue weighted by Crippen LogP contribution is 2.39. The molecule has 5 rings (SSSR count). The fourth-order valence-corrected chi connectivity index (χ4v) is 4.77. The molecule has 0 atom stereocenters. The van der Waals surface area contributed by atoms with Crippen LogP contribution in [0.1, 0.15) is 21.6 Å². The smallest absolute Gasteiger partial charge is 0.411 e. The van der Waals surface area contributed by atoms with E-state index in [1.54, 1.807) is 17.9 Å². The summed E-state index contributed by atoms with van der Waals surface area (Å²) in [6, 6.07) is 16.7. The molecule has 4 N–H and O–H groups in total. The molecule has 2 amide bonds. The number of carbonyl (C=O) groups excluding carboxylic acids is 2. The second kappa shape index (κ2) is 12.1. The molecule has 0 aliphatic carbocycles. The Morgan fingerprint density at radius 1 is 1.05 bits per heavy atom. The summed E-state index contributed by atoms with van der Waals surface area (Å²) in [5, 5.41) is 19.2. The van der Waals surface area contributed by atoms with Crippen molar-refractivity contribution in [1.29, 1.82) is 0 Å². The minimum atomic E-state index is -0.926. The summed E-state index contributed by atoms with van der Waals surface area (Å²) in [7, 11) is 4.91. The molecule has 0 radical (unpaired) electrons. The van der Waals surface area contributed by atoms with Gasteiger partial charge in [-0.2, -0.15) is 5.10 Å². The Bertz CT molecular complexity index is 1810. The Kier molecular flexibility index (Phi) is 8.16. The number of anilines is 2. The second-order valence-electron chi connectivity index (χ2n) is 9.29. The first-order chi connectivity index (χ1) is 20.2. The van der Waals surface area contributed by atoms with E-state index in [0.717, 1.165) is 22.1 Å². The van der Waals surface area contributed by atoms with Crippen LogP contribution >= 0.6 is 11.6 Å². The average Bonchev–Trinajstić information content (AvgIpc) is 3.41. The number of benzene rings is 2. The topological polar surface area (TPSA) is 159 Å². The number of nitrogens with two attached hydrogens (primary N) is 1. The first kappa shape index (κ1) is 28.3. The van der Waals surface area contributed by atoms with Crippen LogP contribution in [0.3, 0.4) is 0 Å². The van der Waals surface area contributed by atoms with Crippen LogP contribution in [0.2, 0.25) is 5.15 Å². The number of ether oxygens (including phenoxy) is 2. The van der Waals surface area contributed by atoms with Crippen molar-refractivity contribution in [3.63, 3.8) is 0 Å². The molecule has 12 nitrogen and oxygen atoms in total. The highest BCUT2D eigenvalue weighted by Gasteiger charge is 2.20. The fourth-order valence-electron chi connectivity index (χ4n) is 4.62. The summed E-state index contributed by atoms with van der Waals surface area (Å²) < 4.78 is 12.6. The molecule has 42 heavy (non-hydrogen) atoms. The largest absolute Gasteiger partial charge is 0.494 e. The van der Waals surface area contributed by atoms with Gasteiger partial charge < -0.3 is 25.8 Å². The van der Waals surface area contributed by atoms with E-state index in [2.05, 4.69) is 30.9 Å². The molecule has 0 saturated carbocycles. The zero-order chi connectivity index (χ0) is 29.8. The first-order valence-electron chi connectivity index (χ1n) is 12.8. The number of hydrogen-bond donors (Lipinski definition) is 3. The fraction of sp³-hybridized carbons (Fsp3) is 0.172. The van der Waals surface area contributed by atoms with Gasteiger partial charge in [-0.25, -0.2) is 9.78 Å². The number of aryl methyl sites for hydroxylation is 3. The molecule has 5 aromatic rings. The molecule has 0 aliphatic rings. The monoisotopic (exact) mass is 586 g/mol. The first-order valence-corrected chi connectivity index (χ1v) is 13.2. The average molecular weight is 587 g/mol. The molecule has 0 unspecified atom stereocenters. The van der Waals surface area contributed by atoms with Gasteiger partial charge in [-0.1, -0.05) is 29.8 Å². The van der Waals surface area contributed by atoms with Crippen LogP contribution in [0.25, 0.3) is 22.2 Å². The van der Waals surface area contributed by atoms with Crippen molar-refractivity contribution in [1.82, 2.24) is 30.3 Å². The van der Waals surface area contributed by atoms with Crippen molar-refractivity contribution >= 4 is 45.9 Å². The van der Waals surface area contributed by atoms with Crippen LogP contribution in [0.4, 0.5) is 16.2 Å². The number of pyridine rings is 1. The molecule has 0 spiro atoms. The maximum Gasteiger partial charge on any atom is 0.411 e. The van der Waals surface area contributed by atoms with E-state index in [9.17, 15) is 9.59 Å². The maximum absolute atomic E-state index is 12.5. The molecular formula is C29H27ClN8O4. The predicted octanol–water partition coefficient (Wildman–Crippen LogP) is 4.43. The van der Waals surface area contributed by atoms with Crippen molar-refractivity contribution < 1.29 is 19.1 Å². The number of aromatic nitrogens is 5. The van der Waals surface area contributed by atoms with E-state index < -0.39 is 12.0 Å². The normalized spacial score (nSPS) is 10.9. The van der Waals surface area contributed by atoms with Crippen LogP contribution in [-0.4, -0.2) is 51.1 Å². The second-order valence-corrected chi connectivity index (χ2v) is 9.68. The van der Waals surface area contributed by atoms with Crippen LogP contribution in [-0.2, 0) is 19.9 Å². The highest BCUT2D eigenvalue weighted by molar-refractivity contribution is 6.29. The summed E-state index contributed by atoms with van der Waals surface area (Å²) in [4.78, 5) is 28.3. The number of fused-ring (bicyclic) bond motifs is 1. The van der Waals surface area contributed by atoms with Crippen molar-refractivity contribution in [3.8, 4) is 22.9 Å². The zero-order valence-corrected chi connectivity index (χ0v) is 23.8. The Labute approximate surface area is 245 Å². The van der Waals surface area contributed by atoms with Gasteiger partial charge in [-0.05, 0) is 48.2 Å². The lowest BCUT2D eigenvalue weighted by Gasteiger charge is -2.18. The van der Waals surface area contributed by atoms with Gasteiger partial charge in [-0.3, -0.25) is 9.48 Å². The van der Waals surface area contributed by atoms with Gasteiger partial charge >= 0.3 is 6.09 Å². The molecule has 13 heteroatoms. The minimum absolute atomic E-state index is 0.0737. The van der Waals surface area contributed by atoms with Crippen LogP contribution in [0.5, 0.6) is 11.6 Å². The number of nitrogens with one attached hydrogen (secondary N) is 2. The number of amides is 2. The van der Waals surface area contributed by atoms with Gasteiger partial charge in [0.15, 0.2) is 16.6 Å². The third-order valence-corrected chi connectivity index (χ3v) is 6.67. The lowest BCUT2D eigenvalue weighted by atomic mass is 9.98. The molecule has 0 saturated heterocycles. The Hall–Kier alpha value is -5.23. The van der Waals surface area contributed by atoms with E-state index in [0.29, 0.717) is 41.2 Å². The lowest BCUT2D eigenvalue weighted by Crippen LogP contribution is -2.21. The number of carbonyl (C=O) groups is 2. The van der Waals surface area contributed by atoms with Crippen molar-refractivity contribution in [2.75, 3.05) is 19.5 Å². The van der Waals surface area contributed by atoms with Gasteiger partial charge in [0.2, 0.25) is 5.88 Å². The molecular weight excluding hydrogens is 560 g/mol. The maximum atomic E-state index is 12.5. The summed E-state index contributed by atoms with van der Waals surface area (Å²) in [5.41, 5.74) is 10.3. The van der Waals surface area contributed by atoms with Gasteiger partial charge in [0.25, 0.3) is 5.91 Å². The molecule has 0 bridgehead atoms. The number of methoxy groups -OCH3 is 1. The van der Waals surface area contributed by atoms with Crippen LogP contribution in [0, 0.1) is 0 Å². The Morgan fingerprint density at radius 2 is 1.88 bits per heavy atom. The molecule has 0 fully saturated rings. The molecule has 2 aromatic carbocycles. The highest BCUT2D eigenvalue weighted by atomic mass is 35.5. The number of rotatable bonds is 9. The van der Waals surface area contributed by atoms with Crippen molar-refractivity contribution in [2.45, 2.75) is 12.8 Å². The van der Waals surface area contributed by atoms with Gasteiger partial charge in [-0.15, -0.1) is 10.2 Å². The number of nitrogens with zero attached hydrogens (tertiary/aromatic N) is 5. The summed E-state index contributed by atoms with van der Waals surface area (Å²) in [6.07, 6.45) is 2.14. The van der Waals surface area contributed by atoms with E-state index in [1.807, 2.05) is 55.7 Å². The number of hydrogen-bond acceptors (Lipinski definition) is 9. The summed E-state index contributed by atoms with van der Waals surface area (Å²) in [5.74, 6) is 0.227. The van der Waals surface area contributed by atoms with E-state index >= 15 is 0 Å².